The summed E-state index contributed by atoms with van der Waals surface area (Å²) in [7, 11) is 0. The third-order valence-corrected chi connectivity index (χ3v) is 6.55. The van der Waals surface area contributed by atoms with Gasteiger partial charge in [-0.15, -0.1) is 22.7 Å². The normalized spacial score (nSPS) is 16.9. The number of ketones is 1. The first kappa shape index (κ1) is 18.5. The Morgan fingerprint density at radius 1 is 1.21 bits per heavy atom. The molecule has 2 aromatic heterocycles. The molecule has 1 amide bonds. The van der Waals surface area contributed by atoms with Crippen molar-refractivity contribution in [3.8, 4) is 0 Å². The Balaban J connectivity index is 1.89. The maximum absolute atomic E-state index is 13.5. The van der Waals surface area contributed by atoms with Crippen molar-refractivity contribution >= 4 is 39.5 Å². The quantitative estimate of drug-likeness (QED) is 0.626. The maximum Gasteiger partial charge on any atom is 0.296 e. The lowest BCUT2D eigenvalue weighted by Crippen LogP contribution is -2.31. The molecule has 0 saturated heterocycles. The number of carbonyl (C=O) groups is 2. The molecular weight excluding hydrogens is 399 g/mol. The van der Waals surface area contributed by atoms with E-state index in [0.29, 0.717) is 15.6 Å². The molecule has 1 aromatic carbocycles. The second-order valence-corrected chi connectivity index (χ2v) is 8.47. The number of hydrogen-bond donors (Lipinski definition) is 1. The Labute approximate surface area is 168 Å². The first-order chi connectivity index (χ1) is 13.4. The average Bonchev–Trinajstić information content (AvgIpc) is 3.37. The molecular formula is C20H15FN2O3S2. The number of hydrogen-bond acceptors (Lipinski definition) is 6. The van der Waals surface area contributed by atoms with Gasteiger partial charge < -0.3 is 5.11 Å². The van der Waals surface area contributed by atoms with Crippen molar-refractivity contribution in [3.05, 3.63) is 79.9 Å². The van der Waals surface area contributed by atoms with Gasteiger partial charge in [0, 0.05) is 4.88 Å². The Kier molecular flexibility index (Phi) is 4.60. The van der Waals surface area contributed by atoms with Crippen molar-refractivity contribution in [3.63, 3.8) is 0 Å². The molecule has 0 unspecified atom stereocenters. The summed E-state index contributed by atoms with van der Waals surface area (Å²) in [6, 6.07) is 8.02. The molecule has 3 aromatic rings. The molecule has 0 fully saturated rings. The fourth-order valence-corrected chi connectivity index (χ4v) is 4.71. The number of nitrogens with zero attached hydrogens (tertiary/aromatic N) is 2. The van der Waals surface area contributed by atoms with Crippen LogP contribution in [0.5, 0.6) is 0 Å². The van der Waals surface area contributed by atoms with Gasteiger partial charge in [0.25, 0.3) is 5.91 Å². The lowest BCUT2D eigenvalue weighted by Gasteiger charge is -2.24. The highest BCUT2D eigenvalue weighted by Gasteiger charge is 2.46. The summed E-state index contributed by atoms with van der Waals surface area (Å²) in [5, 5.41) is 12.7. The molecule has 0 saturated carbocycles. The van der Waals surface area contributed by atoms with Crippen LogP contribution >= 0.6 is 22.7 Å². The number of thiophene rings is 1. The minimum Gasteiger partial charge on any atom is -0.503 e. The number of rotatable bonds is 4. The number of thiazole rings is 1. The van der Waals surface area contributed by atoms with Gasteiger partial charge in [-0.25, -0.2) is 9.37 Å². The highest BCUT2D eigenvalue weighted by atomic mass is 32.1. The highest BCUT2D eigenvalue weighted by molar-refractivity contribution is 7.16. The minimum absolute atomic E-state index is 0.0236. The number of amides is 1. The summed E-state index contributed by atoms with van der Waals surface area (Å²) >= 11 is 2.53. The van der Waals surface area contributed by atoms with E-state index in [9.17, 15) is 19.1 Å². The Hall–Kier alpha value is -2.84. The summed E-state index contributed by atoms with van der Waals surface area (Å²) < 4.78 is 13.5. The lowest BCUT2D eigenvalue weighted by atomic mass is 9.95. The number of Topliss-reactive ketones (excluding diaryl/α,β-unsaturated/α-hetero) is 1. The summed E-state index contributed by atoms with van der Waals surface area (Å²) in [6.07, 6.45) is 0. The number of carbonyl (C=O) groups excluding carboxylic acids is 2. The van der Waals surface area contributed by atoms with Gasteiger partial charge in [-0.2, -0.15) is 0 Å². The standard InChI is InChI=1S/C20H15FN2O3S2/c1-10-11(2)28-20(22-10)23-16(12-5-7-13(21)8-6-12)15(18(25)19(23)26)17(24)14-4-3-9-27-14/h3-9,16,25H,1-2H3/t16-/m0/s1. The number of benzene rings is 1. The highest BCUT2D eigenvalue weighted by Crippen LogP contribution is 2.43. The summed E-state index contributed by atoms with van der Waals surface area (Å²) in [4.78, 5) is 33.1. The van der Waals surface area contributed by atoms with E-state index in [0.717, 1.165) is 10.6 Å². The SMILES string of the molecule is Cc1nc(N2C(=O)C(O)=C(C(=O)c3cccs3)[C@@H]2c2ccc(F)cc2)sc1C. The Morgan fingerprint density at radius 2 is 1.93 bits per heavy atom. The van der Waals surface area contributed by atoms with Gasteiger partial charge in [-0.1, -0.05) is 18.2 Å². The van der Waals surface area contributed by atoms with E-state index < -0.39 is 29.3 Å². The van der Waals surface area contributed by atoms with Crippen molar-refractivity contribution < 1.29 is 19.1 Å². The van der Waals surface area contributed by atoms with E-state index in [-0.39, 0.29) is 5.57 Å². The zero-order chi connectivity index (χ0) is 20.0. The van der Waals surface area contributed by atoms with E-state index in [1.54, 1.807) is 17.5 Å². The topological polar surface area (TPSA) is 70.5 Å². The van der Waals surface area contributed by atoms with Crippen LogP contribution in [-0.4, -0.2) is 21.8 Å². The summed E-state index contributed by atoms with van der Waals surface area (Å²) in [5.74, 6) is -2.15. The van der Waals surface area contributed by atoms with Crippen molar-refractivity contribution in [1.29, 1.82) is 0 Å². The van der Waals surface area contributed by atoms with Crippen LogP contribution in [0.2, 0.25) is 0 Å². The van der Waals surface area contributed by atoms with E-state index in [1.807, 2.05) is 13.8 Å². The molecule has 8 heteroatoms. The first-order valence-electron chi connectivity index (χ1n) is 8.43. The van der Waals surface area contributed by atoms with Crippen LogP contribution in [0.25, 0.3) is 0 Å². The second-order valence-electron chi connectivity index (χ2n) is 6.34. The van der Waals surface area contributed by atoms with E-state index >= 15 is 0 Å². The molecule has 0 radical (unpaired) electrons. The molecule has 1 atom stereocenters. The second kappa shape index (κ2) is 6.96. The third-order valence-electron chi connectivity index (χ3n) is 4.61. The first-order valence-corrected chi connectivity index (χ1v) is 10.1. The van der Waals surface area contributed by atoms with Crippen LogP contribution in [0, 0.1) is 19.7 Å². The predicted octanol–water partition coefficient (Wildman–Crippen LogP) is 4.74. The molecule has 142 valence electrons. The van der Waals surface area contributed by atoms with Gasteiger partial charge in [0.2, 0.25) is 5.78 Å². The number of halogens is 1. The summed E-state index contributed by atoms with van der Waals surface area (Å²) in [6.45, 7) is 3.71. The number of aryl methyl sites for hydroxylation is 2. The zero-order valence-electron chi connectivity index (χ0n) is 15.0. The molecule has 0 spiro atoms. The molecule has 5 nitrogen and oxygen atoms in total. The monoisotopic (exact) mass is 414 g/mol. The van der Waals surface area contributed by atoms with Crippen LogP contribution in [0.3, 0.4) is 0 Å². The lowest BCUT2D eigenvalue weighted by molar-refractivity contribution is -0.117. The van der Waals surface area contributed by atoms with Crippen molar-refractivity contribution in [2.75, 3.05) is 4.90 Å². The molecule has 1 aliphatic heterocycles. The third kappa shape index (κ3) is 2.94. The molecule has 1 aliphatic rings. The van der Waals surface area contributed by atoms with Crippen LogP contribution in [-0.2, 0) is 4.79 Å². The molecule has 0 aliphatic carbocycles. The number of aromatic nitrogens is 1. The van der Waals surface area contributed by atoms with E-state index in [1.165, 1.54) is 51.8 Å². The minimum atomic E-state index is -0.882. The number of anilines is 1. The van der Waals surface area contributed by atoms with Gasteiger partial charge in [-0.3, -0.25) is 14.5 Å². The molecule has 1 N–H and O–H groups in total. The van der Waals surface area contributed by atoms with Gasteiger partial charge in [0.15, 0.2) is 10.9 Å². The number of aliphatic hydroxyl groups excluding tert-OH is 1. The van der Waals surface area contributed by atoms with Gasteiger partial charge in [-0.05, 0) is 43.0 Å². The van der Waals surface area contributed by atoms with Crippen LogP contribution in [0.4, 0.5) is 9.52 Å². The fraction of sp³-hybridized carbons (Fsp3) is 0.150. The van der Waals surface area contributed by atoms with Gasteiger partial charge >= 0.3 is 0 Å². The van der Waals surface area contributed by atoms with E-state index in [2.05, 4.69) is 4.98 Å². The molecule has 4 rings (SSSR count). The van der Waals surface area contributed by atoms with Crippen molar-refractivity contribution in [2.24, 2.45) is 0 Å². The van der Waals surface area contributed by atoms with Gasteiger partial charge in [0.05, 0.1) is 22.2 Å². The van der Waals surface area contributed by atoms with Crippen LogP contribution < -0.4 is 4.90 Å². The smallest absolute Gasteiger partial charge is 0.296 e. The largest absolute Gasteiger partial charge is 0.503 e. The van der Waals surface area contributed by atoms with E-state index in [4.69, 9.17) is 0 Å². The predicted molar refractivity (Wildman–Crippen MR) is 107 cm³/mol. The zero-order valence-corrected chi connectivity index (χ0v) is 16.6. The summed E-state index contributed by atoms with van der Waals surface area (Å²) in [5.41, 5.74) is 1.26. The van der Waals surface area contributed by atoms with Crippen LogP contribution in [0.15, 0.2) is 53.1 Å². The fourth-order valence-electron chi connectivity index (χ4n) is 3.09. The van der Waals surface area contributed by atoms with Crippen molar-refractivity contribution in [1.82, 2.24) is 4.98 Å². The molecule has 0 bridgehead atoms. The average molecular weight is 414 g/mol. The maximum atomic E-state index is 13.5. The van der Waals surface area contributed by atoms with Crippen molar-refractivity contribution in [2.45, 2.75) is 19.9 Å². The number of aliphatic hydroxyl groups is 1. The molecule has 28 heavy (non-hydrogen) atoms. The van der Waals surface area contributed by atoms with Crippen LogP contribution in [0.1, 0.15) is 31.8 Å². The van der Waals surface area contributed by atoms with Gasteiger partial charge in [0.1, 0.15) is 5.82 Å². The Morgan fingerprint density at radius 3 is 2.50 bits per heavy atom. The molecule has 3 heterocycles. The Bertz CT molecular complexity index is 1080.